The lowest BCUT2D eigenvalue weighted by Gasteiger charge is -2.19. The monoisotopic (exact) mass is 287 g/mol. The van der Waals surface area contributed by atoms with Gasteiger partial charge in [-0.25, -0.2) is 0 Å². The van der Waals surface area contributed by atoms with Gasteiger partial charge in [0.15, 0.2) is 6.61 Å². The highest BCUT2D eigenvalue weighted by Crippen LogP contribution is 2.31. The molecular formula is C14H13N3O4. The molecule has 2 heterocycles. The van der Waals surface area contributed by atoms with Crippen LogP contribution in [0.3, 0.4) is 0 Å². The van der Waals surface area contributed by atoms with Gasteiger partial charge in [-0.15, -0.1) is 0 Å². The van der Waals surface area contributed by atoms with Crippen LogP contribution in [0.5, 0.6) is 5.75 Å². The van der Waals surface area contributed by atoms with E-state index in [1.807, 2.05) is 0 Å². The number of benzene rings is 1. The summed E-state index contributed by atoms with van der Waals surface area (Å²) in [6.45, 7) is 1.56. The first-order valence-corrected chi connectivity index (χ1v) is 6.39. The van der Waals surface area contributed by atoms with E-state index in [9.17, 15) is 14.4 Å². The van der Waals surface area contributed by atoms with Crippen molar-refractivity contribution >= 4 is 29.1 Å². The second-order valence-corrected chi connectivity index (χ2v) is 4.79. The maximum Gasteiger partial charge on any atom is 0.262 e. The maximum atomic E-state index is 11.6. The molecule has 1 aromatic carbocycles. The van der Waals surface area contributed by atoms with Crippen LogP contribution in [0, 0.1) is 0 Å². The van der Waals surface area contributed by atoms with Gasteiger partial charge in [-0.2, -0.15) is 0 Å². The molecule has 0 bridgehead atoms. The van der Waals surface area contributed by atoms with Gasteiger partial charge in [0.25, 0.3) is 11.8 Å². The molecule has 2 aliphatic rings. The van der Waals surface area contributed by atoms with Crippen molar-refractivity contribution < 1.29 is 19.1 Å². The van der Waals surface area contributed by atoms with Crippen LogP contribution < -0.4 is 15.4 Å². The number of nitrogens with one attached hydrogen (secondary N) is 2. The number of ether oxygens (including phenoxy) is 1. The Morgan fingerprint density at radius 2 is 2.19 bits per heavy atom. The van der Waals surface area contributed by atoms with E-state index in [-0.39, 0.29) is 30.9 Å². The Balaban J connectivity index is 1.75. The normalized spacial score (nSPS) is 16.8. The number of imide groups is 1. The molecule has 0 aromatic heterocycles. The van der Waals surface area contributed by atoms with Gasteiger partial charge < -0.3 is 15.4 Å². The Bertz CT molecular complexity index is 681. The third kappa shape index (κ3) is 2.58. The summed E-state index contributed by atoms with van der Waals surface area (Å²) in [7, 11) is 0. The zero-order valence-electron chi connectivity index (χ0n) is 11.3. The highest BCUT2D eigenvalue weighted by Gasteiger charge is 2.25. The van der Waals surface area contributed by atoms with Crippen LogP contribution in [0.2, 0.25) is 0 Å². The lowest BCUT2D eigenvalue weighted by Crippen LogP contribution is -2.31. The summed E-state index contributed by atoms with van der Waals surface area (Å²) in [5, 5.41) is 5.77. The number of hydrogen-bond donors (Lipinski definition) is 2. The summed E-state index contributed by atoms with van der Waals surface area (Å²) in [4.78, 5) is 35.2. The van der Waals surface area contributed by atoms with Gasteiger partial charge in [-0.1, -0.05) is 0 Å². The zero-order valence-corrected chi connectivity index (χ0v) is 11.3. The van der Waals surface area contributed by atoms with Crippen LogP contribution in [-0.2, 0) is 14.4 Å². The lowest BCUT2D eigenvalue weighted by molar-refractivity contribution is -0.138. The van der Waals surface area contributed by atoms with Crippen molar-refractivity contribution in [3.05, 3.63) is 30.0 Å². The molecule has 0 fully saturated rings. The number of nitrogens with zero attached hydrogens (tertiary/aromatic N) is 1. The summed E-state index contributed by atoms with van der Waals surface area (Å²) in [5.41, 5.74) is 1.96. The Morgan fingerprint density at radius 1 is 1.38 bits per heavy atom. The SMILES string of the molecule is CC(=O)N1CC(Nc2ccc3c(c2)OCC(=O)N3)=CC1=O. The van der Waals surface area contributed by atoms with Crippen molar-refractivity contribution in [2.45, 2.75) is 6.92 Å². The molecule has 0 saturated heterocycles. The summed E-state index contributed by atoms with van der Waals surface area (Å²) in [6.07, 6.45) is 1.39. The molecule has 2 N–H and O–H groups in total. The predicted octanol–water partition coefficient (Wildman–Crippen LogP) is 0.702. The quantitative estimate of drug-likeness (QED) is 0.836. The van der Waals surface area contributed by atoms with Crippen molar-refractivity contribution in [1.29, 1.82) is 0 Å². The first-order chi connectivity index (χ1) is 10.0. The average Bonchev–Trinajstić information content (AvgIpc) is 2.80. The number of anilines is 2. The highest BCUT2D eigenvalue weighted by atomic mass is 16.5. The van der Waals surface area contributed by atoms with E-state index in [2.05, 4.69) is 10.6 Å². The smallest absolute Gasteiger partial charge is 0.262 e. The van der Waals surface area contributed by atoms with Gasteiger partial charge in [0.1, 0.15) is 5.75 Å². The summed E-state index contributed by atoms with van der Waals surface area (Å²) >= 11 is 0. The molecule has 2 aliphatic heterocycles. The van der Waals surface area contributed by atoms with Crippen molar-refractivity contribution in [3.8, 4) is 5.75 Å². The van der Waals surface area contributed by atoms with E-state index in [4.69, 9.17) is 4.74 Å². The van der Waals surface area contributed by atoms with Crippen molar-refractivity contribution in [1.82, 2.24) is 4.90 Å². The molecule has 21 heavy (non-hydrogen) atoms. The van der Waals surface area contributed by atoms with E-state index < -0.39 is 0 Å². The topological polar surface area (TPSA) is 87.7 Å². The predicted molar refractivity (Wildman–Crippen MR) is 74.7 cm³/mol. The van der Waals surface area contributed by atoms with Crippen LogP contribution in [-0.4, -0.2) is 35.8 Å². The number of carbonyl (C=O) groups excluding carboxylic acids is 3. The molecule has 1 aromatic rings. The molecule has 0 atom stereocenters. The van der Waals surface area contributed by atoms with Gasteiger partial charge in [-0.3, -0.25) is 19.3 Å². The highest BCUT2D eigenvalue weighted by molar-refractivity contribution is 6.03. The second kappa shape index (κ2) is 4.93. The number of amides is 3. The largest absolute Gasteiger partial charge is 0.482 e. The fraction of sp³-hybridized carbons (Fsp3) is 0.214. The Morgan fingerprint density at radius 3 is 2.90 bits per heavy atom. The first kappa shape index (κ1) is 13.2. The minimum Gasteiger partial charge on any atom is -0.482 e. The van der Waals surface area contributed by atoms with Gasteiger partial charge in [0, 0.05) is 30.5 Å². The summed E-state index contributed by atoms with van der Waals surface area (Å²) in [5.74, 6) is -0.242. The van der Waals surface area contributed by atoms with E-state index in [1.54, 1.807) is 18.2 Å². The number of rotatable bonds is 2. The molecule has 0 saturated carbocycles. The Labute approximate surface area is 120 Å². The maximum absolute atomic E-state index is 11.6. The van der Waals surface area contributed by atoms with Gasteiger partial charge in [0.05, 0.1) is 12.2 Å². The molecule has 108 valence electrons. The molecule has 7 nitrogen and oxygen atoms in total. The number of carbonyl (C=O) groups is 3. The van der Waals surface area contributed by atoms with Crippen LogP contribution in [0.15, 0.2) is 30.0 Å². The Kier molecular flexibility index (Phi) is 3.09. The number of fused-ring (bicyclic) bond motifs is 1. The number of hydrogen-bond acceptors (Lipinski definition) is 5. The van der Waals surface area contributed by atoms with E-state index in [0.717, 1.165) is 4.90 Å². The first-order valence-electron chi connectivity index (χ1n) is 6.39. The fourth-order valence-corrected chi connectivity index (χ4v) is 2.20. The van der Waals surface area contributed by atoms with Crippen molar-refractivity contribution in [2.24, 2.45) is 0 Å². The zero-order chi connectivity index (χ0) is 15.0. The third-order valence-electron chi connectivity index (χ3n) is 3.19. The molecule has 0 spiro atoms. The van der Waals surface area contributed by atoms with E-state index >= 15 is 0 Å². The third-order valence-corrected chi connectivity index (χ3v) is 3.19. The van der Waals surface area contributed by atoms with Crippen LogP contribution in [0.1, 0.15) is 6.92 Å². The second-order valence-electron chi connectivity index (χ2n) is 4.79. The summed E-state index contributed by atoms with van der Waals surface area (Å²) < 4.78 is 5.32. The molecule has 0 radical (unpaired) electrons. The van der Waals surface area contributed by atoms with Gasteiger partial charge in [-0.05, 0) is 12.1 Å². The van der Waals surface area contributed by atoms with Gasteiger partial charge in [0.2, 0.25) is 5.91 Å². The average molecular weight is 287 g/mol. The molecule has 3 amide bonds. The summed E-state index contributed by atoms with van der Waals surface area (Å²) in [6, 6.07) is 5.21. The fourth-order valence-electron chi connectivity index (χ4n) is 2.20. The standard InChI is InChI=1S/C14H13N3O4/c1-8(18)17-6-10(5-14(17)20)15-9-2-3-11-12(4-9)21-7-13(19)16-11/h2-5,15H,6-7H2,1H3,(H,16,19). The van der Waals surface area contributed by atoms with Crippen molar-refractivity contribution in [3.63, 3.8) is 0 Å². The Hall–Kier alpha value is -2.83. The van der Waals surface area contributed by atoms with Crippen molar-refractivity contribution in [2.75, 3.05) is 23.8 Å². The van der Waals surface area contributed by atoms with Crippen LogP contribution in [0.4, 0.5) is 11.4 Å². The van der Waals surface area contributed by atoms with Crippen LogP contribution in [0.25, 0.3) is 0 Å². The molecule has 0 aliphatic carbocycles. The van der Waals surface area contributed by atoms with Gasteiger partial charge >= 0.3 is 0 Å². The molecule has 7 heteroatoms. The molecular weight excluding hydrogens is 274 g/mol. The van der Waals surface area contributed by atoms with Crippen LogP contribution >= 0.6 is 0 Å². The molecule has 0 unspecified atom stereocenters. The van der Waals surface area contributed by atoms with E-state index in [1.165, 1.54) is 13.0 Å². The minimum atomic E-state index is -0.327. The van der Waals surface area contributed by atoms with E-state index in [0.29, 0.717) is 22.8 Å². The molecule has 3 rings (SSSR count). The lowest BCUT2D eigenvalue weighted by atomic mass is 10.2. The minimum absolute atomic E-state index is 0.0181.